The number of unbranched alkanes of at least 4 members (excludes halogenated alkanes) is 2. The Balaban J connectivity index is 0.984. The van der Waals surface area contributed by atoms with E-state index >= 15 is 0 Å². The van der Waals surface area contributed by atoms with Crippen molar-refractivity contribution in [3.8, 4) is 0 Å². The van der Waals surface area contributed by atoms with E-state index in [0.717, 1.165) is 89.2 Å². The van der Waals surface area contributed by atoms with Crippen molar-refractivity contribution in [2.24, 2.45) is 11.7 Å². The lowest BCUT2D eigenvalue weighted by Crippen LogP contribution is -2.53. The van der Waals surface area contributed by atoms with Gasteiger partial charge in [-0.2, -0.15) is 0 Å². The summed E-state index contributed by atoms with van der Waals surface area (Å²) in [6.45, 7) is 7.72. The van der Waals surface area contributed by atoms with E-state index < -0.39 is 23.8 Å². The van der Waals surface area contributed by atoms with Crippen LogP contribution in [0.1, 0.15) is 101 Å². The Morgan fingerprint density at radius 2 is 1.81 bits per heavy atom. The number of nitrogens with two attached hydrogens (primary N) is 1. The van der Waals surface area contributed by atoms with Crippen LogP contribution in [-0.4, -0.2) is 102 Å². The van der Waals surface area contributed by atoms with Gasteiger partial charge in [0, 0.05) is 56.6 Å². The van der Waals surface area contributed by atoms with Crippen LogP contribution < -0.4 is 26.6 Å². The van der Waals surface area contributed by atoms with Crippen LogP contribution in [0.2, 0.25) is 0 Å². The van der Waals surface area contributed by atoms with Gasteiger partial charge in [0.05, 0.1) is 11.8 Å². The first-order valence-corrected chi connectivity index (χ1v) is 19.1. The van der Waals surface area contributed by atoms with Gasteiger partial charge < -0.3 is 31.1 Å². The number of likely N-dealkylation sites (N-methyl/N-ethyl adjacent to an activating group) is 1. The molecular formula is C40H51N9O5. The molecule has 2 aromatic carbocycles. The monoisotopic (exact) mass is 737 g/mol. The van der Waals surface area contributed by atoms with Crippen molar-refractivity contribution >= 4 is 52.9 Å². The summed E-state index contributed by atoms with van der Waals surface area (Å²) in [6, 6.07) is 12.9. The number of primary amides is 1. The number of nitrogens with zero attached hydrogens (tertiary/aromatic N) is 5. The quantitative estimate of drug-likeness (QED) is 0.0991. The zero-order chi connectivity index (χ0) is 38.2. The highest BCUT2D eigenvalue weighted by molar-refractivity contribution is 6.06. The fraction of sp³-hybridized carbons (Fsp3) is 0.475. The second-order valence-electron chi connectivity index (χ2n) is 14.6. The van der Waals surface area contributed by atoms with E-state index in [9.17, 15) is 24.0 Å². The van der Waals surface area contributed by atoms with Gasteiger partial charge in [-0.05, 0) is 92.9 Å². The summed E-state index contributed by atoms with van der Waals surface area (Å²) in [5, 5.41) is 8.79. The summed E-state index contributed by atoms with van der Waals surface area (Å²) in [4.78, 5) is 76.3. The summed E-state index contributed by atoms with van der Waals surface area (Å²) in [5.41, 5.74) is 9.22. The highest BCUT2D eigenvalue weighted by atomic mass is 16.2. The summed E-state index contributed by atoms with van der Waals surface area (Å²) >= 11 is 0. The molecule has 14 heteroatoms. The van der Waals surface area contributed by atoms with Crippen LogP contribution in [0.4, 0.5) is 23.0 Å². The summed E-state index contributed by atoms with van der Waals surface area (Å²) < 4.78 is 0. The predicted octanol–water partition coefficient (Wildman–Crippen LogP) is 4.32. The number of aromatic nitrogens is 2. The first-order valence-electron chi connectivity index (χ1n) is 19.1. The number of nitrogens with one attached hydrogen (secondary N) is 3. The van der Waals surface area contributed by atoms with E-state index in [2.05, 4.69) is 54.8 Å². The van der Waals surface area contributed by atoms with E-state index in [1.54, 1.807) is 12.1 Å². The van der Waals surface area contributed by atoms with Gasteiger partial charge in [0.2, 0.25) is 11.8 Å². The lowest BCUT2D eigenvalue weighted by molar-refractivity contribution is -0.136. The third-order valence-corrected chi connectivity index (χ3v) is 10.9. The van der Waals surface area contributed by atoms with Crippen molar-refractivity contribution in [1.29, 1.82) is 0 Å². The molecule has 3 aromatic rings. The van der Waals surface area contributed by atoms with Gasteiger partial charge in [0.1, 0.15) is 11.9 Å². The van der Waals surface area contributed by atoms with Gasteiger partial charge in [0.25, 0.3) is 11.8 Å². The minimum atomic E-state index is -0.756. The predicted molar refractivity (Wildman–Crippen MR) is 207 cm³/mol. The van der Waals surface area contributed by atoms with E-state index in [0.29, 0.717) is 29.8 Å². The van der Waals surface area contributed by atoms with E-state index in [1.807, 2.05) is 18.2 Å². The molecule has 5 N–H and O–H groups in total. The van der Waals surface area contributed by atoms with Gasteiger partial charge in [-0.1, -0.05) is 31.9 Å². The first kappa shape index (κ1) is 38.4. The van der Waals surface area contributed by atoms with Gasteiger partial charge in [-0.15, -0.1) is 0 Å². The summed E-state index contributed by atoms with van der Waals surface area (Å²) in [7, 11) is 1.53. The molecule has 0 bridgehead atoms. The molecule has 3 fully saturated rings. The van der Waals surface area contributed by atoms with Gasteiger partial charge in [0.15, 0.2) is 17.8 Å². The average Bonchev–Trinajstić information content (AvgIpc) is 3.65. The molecule has 4 amide bonds. The Labute approximate surface area is 316 Å². The first-order chi connectivity index (χ1) is 26.1. The van der Waals surface area contributed by atoms with Gasteiger partial charge in [-0.25, -0.2) is 9.97 Å². The fourth-order valence-electron chi connectivity index (χ4n) is 7.76. The molecule has 4 heterocycles. The second kappa shape index (κ2) is 17.6. The molecule has 0 aliphatic carbocycles. The largest absolute Gasteiger partial charge is 0.371 e. The minimum absolute atomic E-state index is 0.100. The van der Waals surface area contributed by atoms with Crippen molar-refractivity contribution in [2.45, 2.75) is 70.3 Å². The number of imide groups is 1. The van der Waals surface area contributed by atoms with E-state index in [-0.39, 0.29) is 35.6 Å². The maximum Gasteiger partial charge on any atom is 0.271 e. The lowest BCUT2D eigenvalue weighted by atomic mass is 9.89. The van der Waals surface area contributed by atoms with Crippen LogP contribution >= 0.6 is 0 Å². The van der Waals surface area contributed by atoms with Crippen molar-refractivity contribution in [3.63, 3.8) is 0 Å². The van der Waals surface area contributed by atoms with Crippen molar-refractivity contribution in [1.82, 2.24) is 25.1 Å². The number of benzene rings is 2. The van der Waals surface area contributed by atoms with Crippen LogP contribution in [0, 0.1) is 5.92 Å². The zero-order valence-corrected chi connectivity index (χ0v) is 31.2. The lowest BCUT2D eigenvalue weighted by Gasteiger charge is -2.34. The molecule has 54 heavy (non-hydrogen) atoms. The van der Waals surface area contributed by atoms with Crippen LogP contribution in [0.3, 0.4) is 0 Å². The molecule has 1 aromatic heterocycles. The molecule has 3 saturated heterocycles. The zero-order valence-electron chi connectivity index (χ0n) is 31.2. The van der Waals surface area contributed by atoms with Gasteiger partial charge >= 0.3 is 0 Å². The number of carbonyl (C=O) groups is 5. The standard InChI is InChI=1S/C40H51N9O5/c1-3-4-5-17-42-34-22-43-36(37(41)52)38(45-34)44-30-8-6-27(7-9-30)28-15-18-48(19-16-28)23-26-14-20-49(24-26)31-10-11-32(29(21-31)25-50)40(54)47(2)33-12-13-35(51)46-39(33)53/h6-11,21-22,25-26,28,33H,3-5,12-20,23-24H2,1-2H3,(H2,41,52)(H2,42,44,45)(H,46,51,53). The maximum absolute atomic E-state index is 13.3. The van der Waals surface area contributed by atoms with Gasteiger partial charge in [-0.3, -0.25) is 29.3 Å². The summed E-state index contributed by atoms with van der Waals surface area (Å²) in [6.07, 6.45) is 9.11. The molecule has 2 atom stereocenters. The van der Waals surface area contributed by atoms with Crippen LogP contribution in [0.15, 0.2) is 48.7 Å². The normalized spacial score (nSPS) is 19.3. The third kappa shape index (κ3) is 9.22. The average molecular weight is 738 g/mol. The van der Waals surface area contributed by atoms with Crippen molar-refractivity contribution in [2.75, 3.05) is 61.8 Å². The Hall–Kier alpha value is -5.37. The number of piperidine rings is 2. The van der Waals surface area contributed by atoms with Crippen LogP contribution in [0.5, 0.6) is 0 Å². The summed E-state index contributed by atoms with van der Waals surface area (Å²) in [5.74, 6) is -0.0164. The smallest absolute Gasteiger partial charge is 0.271 e. The molecule has 2 unspecified atom stereocenters. The molecule has 0 spiro atoms. The van der Waals surface area contributed by atoms with Crippen LogP contribution in [-0.2, 0) is 9.59 Å². The van der Waals surface area contributed by atoms with E-state index in [4.69, 9.17) is 5.73 Å². The fourth-order valence-corrected chi connectivity index (χ4v) is 7.76. The number of likely N-dealkylation sites (tertiary alicyclic amines) is 1. The number of anilines is 4. The highest BCUT2D eigenvalue weighted by Crippen LogP contribution is 2.32. The van der Waals surface area contributed by atoms with Crippen molar-refractivity contribution in [3.05, 3.63) is 71.0 Å². The molecule has 286 valence electrons. The number of aldehydes is 1. The topological polar surface area (TPSA) is 183 Å². The second-order valence-corrected chi connectivity index (χ2v) is 14.6. The SMILES string of the molecule is CCCCCNc1cnc(C(N)=O)c(Nc2ccc(C3CCN(CC4CCN(c5ccc(C(=O)N(C)C6CCC(=O)NC6=O)c(C=O)c5)C4)CC3)cc2)n1. The number of amides is 4. The Bertz CT molecular complexity index is 1840. The number of carbonyl (C=O) groups excluding carboxylic acids is 5. The Morgan fingerprint density at radius 3 is 2.52 bits per heavy atom. The molecule has 0 radical (unpaired) electrons. The maximum atomic E-state index is 13.3. The Morgan fingerprint density at radius 1 is 1.04 bits per heavy atom. The van der Waals surface area contributed by atoms with Crippen molar-refractivity contribution < 1.29 is 24.0 Å². The molecular weight excluding hydrogens is 686 g/mol. The number of hydrogen-bond acceptors (Lipinski definition) is 11. The molecule has 3 aliphatic heterocycles. The molecule has 0 saturated carbocycles. The molecule has 14 nitrogen and oxygen atoms in total. The number of hydrogen-bond donors (Lipinski definition) is 4. The molecule has 6 rings (SSSR count). The Kier molecular flexibility index (Phi) is 12.5. The molecule has 3 aliphatic rings. The highest BCUT2D eigenvalue weighted by Gasteiger charge is 2.34. The van der Waals surface area contributed by atoms with E-state index in [1.165, 1.54) is 23.7 Å². The third-order valence-electron chi connectivity index (χ3n) is 10.9. The van der Waals surface area contributed by atoms with Crippen LogP contribution in [0.25, 0.3) is 0 Å². The number of rotatable bonds is 15. The minimum Gasteiger partial charge on any atom is -0.371 e.